The van der Waals surface area contributed by atoms with E-state index in [2.05, 4.69) is 4.74 Å². The summed E-state index contributed by atoms with van der Waals surface area (Å²) in [7, 11) is 1.32. The number of esters is 1. The number of hydrogen-bond acceptors (Lipinski definition) is 3. The summed E-state index contributed by atoms with van der Waals surface area (Å²) >= 11 is 0. The van der Waals surface area contributed by atoms with Gasteiger partial charge in [0.25, 0.3) is 0 Å². The van der Waals surface area contributed by atoms with Crippen molar-refractivity contribution >= 4 is 11.8 Å². The molecular formula is C8H12O3. The monoisotopic (exact) mass is 156 g/mol. The average molecular weight is 156 g/mol. The van der Waals surface area contributed by atoms with Gasteiger partial charge in [-0.25, -0.2) is 0 Å². The van der Waals surface area contributed by atoms with Crippen LogP contribution in [-0.2, 0) is 14.3 Å². The van der Waals surface area contributed by atoms with Gasteiger partial charge in [-0.2, -0.15) is 0 Å². The second-order valence-corrected chi connectivity index (χ2v) is 3.10. The first-order chi connectivity index (χ1) is 5.11. The quantitative estimate of drug-likeness (QED) is 0.419. The lowest BCUT2D eigenvalue weighted by Gasteiger charge is -2.17. The molecule has 0 aromatic carbocycles. The molecule has 3 heteroatoms. The highest BCUT2D eigenvalue weighted by Crippen LogP contribution is 2.35. The third kappa shape index (κ3) is 1.15. The van der Waals surface area contributed by atoms with Crippen LogP contribution >= 0.6 is 0 Å². The van der Waals surface area contributed by atoms with Crippen molar-refractivity contribution in [2.24, 2.45) is 5.41 Å². The van der Waals surface area contributed by atoms with Gasteiger partial charge in [-0.15, -0.1) is 0 Å². The van der Waals surface area contributed by atoms with E-state index in [4.69, 9.17) is 0 Å². The van der Waals surface area contributed by atoms with Crippen molar-refractivity contribution in [2.75, 3.05) is 7.11 Å². The fraction of sp³-hybridized carbons (Fsp3) is 0.750. The van der Waals surface area contributed by atoms with Crippen LogP contribution in [-0.4, -0.2) is 18.9 Å². The van der Waals surface area contributed by atoms with Crippen LogP contribution in [0.15, 0.2) is 0 Å². The molecule has 0 unspecified atom stereocenters. The summed E-state index contributed by atoms with van der Waals surface area (Å²) in [5, 5.41) is 0. The molecule has 1 rings (SSSR count). The molecule has 3 nitrogen and oxygen atoms in total. The van der Waals surface area contributed by atoms with Crippen molar-refractivity contribution in [1.82, 2.24) is 0 Å². The molecule has 1 atom stereocenters. The molecule has 11 heavy (non-hydrogen) atoms. The summed E-state index contributed by atoms with van der Waals surface area (Å²) in [6, 6.07) is 0. The second kappa shape index (κ2) is 2.64. The predicted molar refractivity (Wildman–Crippen MR) is 39.0 cm³/mol. The van der Waals surface area contributed by atoms with Crippen molar-refractivity contribution in [3.63, 3.8) is 0 Å². The Labute approximate surface area is 65.7 Å². The van der Waals surface area contributed by atoms with E-state index in [0.29, 0.717) is 12.8 Å². The van der Waals surface area contributed by atoms with E-state index >= 15 is 0 Å². The highest BCUT2D eigenvalue weighted by molar-refractivity contribution is 6.04. The molecule has 0 bridgehead atoms. The number of ketones is 1. The second-order valence-electron chi connectivity index (χ2n) is 3.10. The van der Waals surface area contributed by atoms with Crippen LogP contribution in [0, 0.1) is 5.41 Å². The molecule has 1 saturated carbocycles. The zero-order chi connectivity index (χ0) is 8.48. The first-order valence-electron chi connectivity index (χ1n) is 3.73. The molecule has 1 fully saturated rings. The number of carbonyl (C=O) groups excluding carboxylic acids is 2. The third-order valence-corrected chi connectivity index (χ3v) is 2.33. The lowest BCUT2D eigenvalue weighted by atomic mass is 9.88. The highest BCUT2D eigenvalue weighted by atomic mass is 16.5. The molecule has 0 spiro atoms. The maximum absolute atomic E-state index is 11.2. The number of Topliss-reactive ketones (excluding diaryl/α,β-unsaturated/α-hetero) is 1. The van der Waals surface area contributed by atoms with Crippen LogP contribution in [0.2, 0.25) is 0 Å². The van der Waals surface area contributed by atoms with Crippen molar-refractivity contribution in [1.29, 1.82) is 0 Å². The van der Waals surface area contributed by atoms with Crippen LogP contribution in [0.3, 0.4) is 0 Å². The Morgan fingerprint density at radius 1 is 1.64 bits per heavy atom. The minimum Gasteiger partial charge on any atom is -0.468 e. The fourth-order valence-corrected chi connectivity index (χ4v) is 1.46. The molecule has 0 saturated heterocycles. The van der Waals surface area contributed by atoms with Crippen LogP contribution in [0.5, 0.6) is 0 Å². The SMILES string of the molecule is COC(=O)[C@@]1(C)CCCC1=O. The standard InChI is InChI=1S/C8H12O3/c1-8(7(10)11-2)5-3-4-6(8)9/h3-5H2,1-2H3/t8-/m0/s1. The summed E-state index contributed by atoms with van der Waals surface area (Å²) in [5.74, 6) is -0.371. The van der Waals surface area contributed by atoms with E-state index in [-0.39, 0.29) is 11.8 Å². The van der Waals surface area contributed by atoms with Gasteiger partial charge in [-0.1, -0.05) is 0 Å². The number of hydrogen-bond donors (Lipinski definition) is 0. The first-order valence-corrected chi connectivity index (χ1v) is 3.73. The van der Waals surface area contributed by atoms with E-state index in [1.807, 2.05) is 0 Å². The zero-order valence-corrected chi connectivity index (χ0v) is 6.85. The molecular weight excluding hydrogens is 144 g/mol. The van der Waals surface area contributed by atoms with Gasteiger partial charge in [-0.05, 0) is 19.8 Å². The van der Waals surface area contributed by atoms with E-state index in [1.54, 1.807) is 6.92 Å². The molecule has 0 heterocycles. The van der Waals surface area contributed by atoms with Crippen LogP contribution in [0.1, 0.15) is 26.2 Å². The van der Waals surface area contributed by atoms with Gasteiger partial charge in [0.15, 0.2) is 0 Å². The maximum Gasteiger partial charge on any atom is 0.319 e. The summed E-state index contributed by atoms with van der Waals surface area (Å²) in [6.45, 7) is 1.66. The minimum absolute atomic E-state index is 0.0179. The smallest absolute Gasteiger partial charge is 0.319 e. The number of methoxy groups -OCH3 is 1. The van der Waals surface area contributed by atoms with Gasteiger partial charge in [0.05, 0.1) is 7.11 Å². The van der Waals surface area contributed by atoms with Crippen LogP contribution in [0.25, 0.3) is 0 Å². The maximum atomic E-state index is 11.2. The Hall–Kier alpha value is -0.860. The molecule has 62 valence electrons. The van der Waals surface area contributed by atoms with Crippen molar-refractivity contribution in [3.05, 3.63) is 0 Å². The van der Waals surface area contributed by atoms with Crippen LogP contribution < -0.4 is 0 Å². The Balaban J connectivity index is 2.80. The Kier molecular flexibility index (Phi) is 1.98. The summed E-state index contributed by atoms with van der Waals surface area (Å²) in [5.41, 5.74) is -0.839. The first kappa shape index (κ1) is 8.24. The lowest BCUT2D eigenvalue weighted by Crippen LogP contribution is -2.32. The molecule has 1 aliphatic rings. The van der Waals surface area contributed by atoms with E-state index in [0.717, 1.165) is 6.42 Å². The van der Waals surface area contributed by atoms with Crippen LogP contribution in [0.4, 0.5) is 0 Å². The fourth-order valence-electron chi connectivity index (χ4n) is 1.46. The van der Waals surface area contributed by atoms with E-state index < -0.39 is 5.41 Å². The number of ether oxygens (including phenoxy) is 1. The third-order valence-electron chi connectivity index (χ3n) is 2.33. The topological polar surface area (TPSA) is 43.4 Å². The van der Waals surface area contributed by atoms with E-state index in [9.17, 15) is 9.59 Å². The largest absolute Gasteiger partial charge is 0.468 e. The predicted octanol–water partition coefficient (Wildman–Crippen LogP) is 0.919. The molecule has 0 amide bonds. The summed E-state index contributed by atoms with van der Waals surface area (Å²) in [6.07, 6.45) is 1.97. The Bertz CT molecular complexity index is 198. The zero-order valence-electron chi connectivity index (χ0n) is 6.85. The average Bonchev–Trinajstić information content (AvgIpc) is 2.32. The number of carbonyl (C=O) groups is 2. The Morgan fingerprint density at radius 2 is 2.27 bits per heavy atom. The summed E-state index contributed by atoms with van der Waals surface area (Å²) in [4.78, 5) is 22.3. The van der Waals surface area contributed by atoms with Gasteiger partial charge in [0.1, 0.15) is 11.2 Å². The van der Waals surface area contributed by atoms with Gasteiger partial charge in [0.2, 0.25) is 0 Å². The molecule has 0 N–H and O–H groups in total. The molecule has 0 radical (unpaired) electrons. The normalized spacial score (nSPS) is 30.5. The molecule has 0 aliphatic heterocycles. The minimum atomic E-state index is -0.839. The van der Waals surface area contributed by atoms with Crippen molar-refractivity contribution < 1.29 is 14.3 Å². The molecule has 0 aromatic rings. The van der Waals surface area contributed by atoms with E-state index in [1.165, 1.54) is 7.11 Å². The lowest BCUT2D eigenvalue weighted by molar-refractivity contribution is -0.155. The number of rotatable bonds is 1. The van der Waals surface area contributed by atoms with Gasteiger partial charge in [-0.3, -0.25) is 9.59 Å². The molecule has 1 aliphatic carbocycles. The summed E-state index contributed by atoms with van der Waals surface area (Å²) < 4.78 is 4.55. The van der Waals surface area contributed by atoms with Gasteiger partial charge in [0, 0.05) is 6.42 Å². The van der Waals surface area contributed by atoms with Crippen molar-refractivity contribution in [2.45, 2.75) is 26.2 Å². The Morgan fingerprint density at radius 3 is 2.64 bits per heavy atom. The highest BCUT2D eigenvalue weighted by Gasteiger charge is 2.44. The van der Waals surface area contributed by atoms with Gasteiger partial charge >= 0.3 is 5.97 Å². The van der Waals surface area contributed by atoms with Crippen molar-refractivity contribution in [3.8, 4) is 0 Å². The van der Waals surface area contributed by atoms with Gasteiger partial charge < -0.3 is 4.74 Å². The molecule has 0 aromatic heterocycles.